The zero-order valence-corrected chi connectivity index (χ0v) is 12.0. The van der Waals surface area contributed by atoms with E-state index in [1.807, 2.05) is 33.8 Å². The van der Waals surface area contributed by atoms with Crippen molar-refractivity contribution < 1.29 is 9.66 Å². The largest absolute Gasteiger partial charge is 0.484 e. The highest BCUT2D eigenvalue weighted by atomic mass is 16.6. The van der Waals surface area contributed by atoms with Gasteiger partial charge in [0.05, 0.1) is 11.0 Å². The molecule has 1 aromatic rings. The Bertz CT molecular complexity index is 433. The summed E-state index contributed by atoms with van der Waals surface area (Å²) in [6.45, 7) is 8.57. The van der Waals surface area contributed by atoms with Crippen LogP contribution in [0, 0.1) is 10.1 Å². The van der Waals surface area contributed by atoms with Gasteiger partial charge in [-0.15, -0.1) is 0 Å². The number of benzene rings is 1. The van der Waals surface area contributed by atoms with Gasteiger partial charge in [-0.25, -0.2) is 0 Å². The van der Waals surface area contributed by atoms with Gasteiger partial charge in [0.1, 0.15) is 0 Å². The molecular weight excluding hydrogens is 244 g/mol. The molecule has 5 nitrogen and oxygen atoms in total. The average Bonchev–Trinajstić information content (AvgIpc) is 2.36. The van der Waals surface area contributed by atoms with Crippen molar-refractivity contribution in [2.24, 2.45) is 0 Å². The van der Waals surface area contributed by atoms with Gasteiger partial charge >= 0.3 is 5.69 Å². The van der Waals surface area contributed by atoms with Crippen molar-refractivity contribution in [3.05, 3.63) is 33.9 Å². The molecular formula is C14H22N2O3. The molecule has 0 aromatic heterocycles. The van der Waals surface area contributed by atoms with Gasteiger partial charge < -0.3 is 10.1 Å². The second-order valence-electron chi connectivity index (χ2n) is 4.93. The number of nitro benzene ring substituents is 1. The summed E-state index contributed by atoms with van der Waals surface area (Å²) in [6, 6.07) is 5.46. The molecule has 0 amide bonds. The van der Waals surface area contributed by atoms with Gasteiger partial charge in [0.2, 0.25) is 0 Å². The van der Waals surface area contributed by atoms with E-state index in [1.165, 1.54) is 0 Å². The quantitative estimate of drug-likeness (QED) is 0.607. The number of hydrogen-bond donors (Lipinski definition) is 1. The predicted octanol–water partition coefficient (Wildman–Crippen LogP) is 3.27. The monoisotopic (exact) mass is 266 g/mol. The first kappa shape index (κ1) is 15.4. The van der Waals surface area contributed by atoms with Gasteiger partial charge in [-0.05, 0) is 25.0 Å². The number of nitro groups is 1. The minimum absolute atomic E-state index is 0.0293. The molecule has 0 saturated heterocycles. The molecule has 1 rings (SSSR count). The van der Waals surface area contributed by atoms with E-state index in [1.54, 1.807) is 12.1 Å². The molecule has 0 heterocycles. The standard InChI is InChI=1S/C14H22N2O3/c1-5-11(4)19-14-7-6-12(9-15-10(2)3)8-13(14)16(17)18/h6-8,10-11,15H,5,9H2,1-4H3. The van der Waals surface area contributed by atoms with Gasteiger partial charge in [-0.1, -0.05) is 26.8 Å². The van der Waals surface area contributed by atoms with Crippen LogP contribution in [0.3, 0.4) is 0 Å². The number of ether oxygens (including phenoxy) is 1. The lowest BCUT2D eigenvalue weighted by Crippen LogP contribution is -2.21. The Morgan fingerprint density at radius 3 is 2.58 bits per heavy atom. The number of hydrogen-bond acceptors (Lipinski definition) is 4. The van der Waals surface area contributed by atoms with Gasteiger partial charge in [0, 0.05) is 18.7 Å². The number of nitrogens with one attached hydrogen (secondary N) is 1. The molecule has 0 spiro atoms. The molecule has 19 heavy (non-hydrogen) atoms. The summed E-state index contributed by atoms with van der Waals surface area (Å²) in [6.07, 6.45) is 0.784. The maximum atomic E-state index is 11.1. The Kier molecular flexibility index (Phi) is 5.76. The van der Waals surface area contributed by atoms with E-state index in [0.29, 0.717) is 18.3 Å². The van der Waals surface area contributed by atoms with Gasteiger partial charge in [-0.3, -0.25) is 10.1 Å². The van der Waals surface area contributed by atoms with Crippen molar-refractivity contribution in [3.8, 4) is 5.75 Å². The van der Waals surface area contributed by atoms with E-state index in [2.05, 4.69) is 5.32 Å². The lowest BCUT2D eigenvalue weighted by atomic mass is 10.1. The maximum Gasteiger partial charge on any atom is 0.311 e. The Morgan fingerprint density at radius 1 is 1.37 bits per heavy atom. The lowest BCUT2D eigenvalue weighted by Gasteiger charge is -2.14. The summed E-state index contributed by atoms with van der Waals surface area (Å²) >= 11 is 0. The van der Waals surface area contributed by atoms with Crippen molar-refractivity contribution in [2.75, 3.05) is 0 Å². The first-order chi connectivity index (χ1) is 8.93. The van der Waals surface area contributed by atoms with Crippen LogP contribution in [0.25, 0.3) is 0 Å². The molecule has 1 unspecified atom stereocenters. The van der Waals surface area contributed by atoms with Crippen LogP contribution in [0.15, 0.2) is 18.2 Å². The Morgan fingerprint density at radius 2 is 2.05 bits per heavy atom. The average molecular weight is 266 g/mol. The summed E-state index contributed by atoms with van der Waals surface area (Å²) in [5.74, 6) is 0.340. The molecule has 0 fully saturated rings. The van der Waals surface area contributed by atoms with Crippen LogP contribution in [0.2, 0.25) is 0 Å². The zero-order valence-electron chi connectivity index (χ0n) is 12.0. The fraction of sp³-hybridized carbons (Fsp3) is 0.571. The van der Waals surface area contributed by atoms with Gasteiger partial charge in [0.25, 0.3) is 0 Å². The molecule has 0 saturated carbocycles. The van der Waals surface area contributed by atoms with E-state index in [4.69, 9.17) is 4.74 Å². The smallest absolute Gasteiger partial charge is 0.311 e. The third-order valence-electron chi connectivity index (χ3n) is 2.84. The summed E-state index contributed by atoms with van der Waals surface area (Å²) in [5, 5.41) is 14.3. The van der Waals surface area contributed by atoms with Crippen LogP contribution < -0.4 is 10.1 Å². The molecule has 1 N–H and O–H groups in total. The van der Waals surface area contributed by atoms with Crippen LogP contribution in [-0.2, 0) is 6.54 Å². The van der Waals surface area contributed by atoms with Crippen molar-refractivity contribution in [2.45, 2.75) is 52.8 Å². The molecule has 106 valence electrons. The first-order valence-electron chi connectivity index (χ1n) is 6.61. The third-order valence-corrected chi connectivity index (χ3v) is 2.84. The molecule has 0 radical (unpaired) electrons. The second-order valence-corrected chi connectivity index (χ2v) is 4.93. The second kappa shape index (κ2) is 7.09. The predicted molar refractivity (Wildman–Crippen MR) is 75.5 cm³/mol. The SMILES string of the molecule is CCC(C)Oc1ccc(CNC(C)C)cc1[N+](=O)[O-]. The van der Waals surface area contributed by atoms with Crippen LogP contribution in [0.4, 0.5) is 5.69 Å². The van der Waals surface area contributed by atoms with E-state index in [-0.39, 0.29) is 11.8 Å². The van der Waals surface area contributed by atoms with Crippen LogP contribution in [-0.4, -0.2) is 17.1 Å². The Labute approximate surface area is 114 Å². The lowest BCUT2D eigenvalue weighted by molar-refractivity contribution is -0.386. The van der Waals surface area contributed by atoms with Crippen molar-refractivity contribution in [1.29, 1.82) is 0 Å². The van der Waals surface area contributed by atoms with E-state index in [0.717, 1.165) is 12.0 Å². The molecule has 1 aromatic carbocycles. The Hall–Kier alpha value is -1.62. The summed E-state index contributed by atoms with van der Waals surface area (Å²) in [7, 11) is 0. The van der Waals surface area contributed by atoms with Gasteiger partial charge in [-0.2, -0.15) is 0 Å². The van der Waals surface area contributed by atoms with Crippen molar-refractivity contribution >= 4 is 5.69 Å². The molecule has 0 aliphatic carbocycles. The minimum Gasteiger partial charge on any atom is -0.484 e. The Balaban J connectivity index is 2.91. The zero-order chi connectivity index (χ0) is 14.4. The summed E-state index contributed by atoms with van der Waals surface area (Å²) < 4.78 is 5.57. The summed E-state index contributed by atoms with van der Waals surface area (Å²) in [4.78, 5) is 10.7. The molecule has 0 aliphatic rings. The maximum absolute atomic E-state index is 11.1. The molecule has 0 bridgehead atoms. The highest BCUT2D eigenvalue weighted by molar-refractivity contribution is 5.48. The van der Waals surface area contributed by atoms with E-state index in [9.17, 15) is 10.1 Å². The molecule has 0 aliphatic heterocycles. The minimum atomic E-state index is -0.392. The summed E-state index contributed by atoms with van der Waals surface area (Å²) in [5.41, 5.74) is 0.917. The fourth-order valence-corrected chi connectivity index (χ4v) is 1.54. The van der Waals surface area contributed by atoms with Crippen molar-refractivity contribution in [3.63, 3.8) is 0 Å². The molecule has 5 heteroatoms. The first-order valence-corrected chi connectivity index (χ1v) is 6.61. The van der Waals surface area contributed by atoms with Crippen LogP contribution in [0.1, 0.15) is 39.7 Å². The normalized spacial score (nSPS) is 12.5. The highest BCUT2D eigenvalue weighted by Gasteiger charge is 2.17. The topological polar surface area (TPSA) is 64.4 Å². The number of nitrogens with zero attached hydrogens (tertiary/aromatic N) is 1. The number of rotatable bonds is 7. The van der Waals surface area contributed by atoms with Crippen molar-refractivity contribution in [1.82, 2.24) is 5.32 Å². The van der Waals surface area contributed by atoms with Gasteiger partial charge in [0.15, 0.2) is 5.75 Å². The third kappa shape index (κ3) is 4.87. The van der Waals surface area contributed by atoms with Crippen LogP contribution >= 0.6 is 0 Å². The molecule has 1 atom stereocenters. The van der Waals surface area contributed by atoms with E-state index < -0.39 is 4.92 Å². The van der Waals surface area contributed by atoms with E-state index >= 15 is 0 Å². The van der Waals surface area contributed by atoms with Crippen LogP contribution in [0.5, 0.6) is 5.75 Å². The fourth-order valence-electron chi connectivity index (χ4n) is 1.54. The highest BCUT2D eigenvalue weighted by Crippen LogP contribution is 2.29.